The van der Waals surface area contributed by atoms with Crippen LogP contribution in [-0.4, -0.2) is 0 Å². The van der Waals surface area contributed by atoms with E-state index in [0.717, 1.165) is 19.3 Å². The van der Waals surface area contributed by atoms with E-state index in [-0.39, 0.29) is 10.8 Å². The molecule has 6 aromatic rings. The molecule has 0 aromatic heterocycles. The van der Waals surface area contributed by atoms with Crippen molar-refractivity contribution in [2.45, 2.75) is 70.6 Å². The third kappa shape index (κ3) is 3.78. The van der Waals surface area contributed by atoms with Gasteiger partial charge in [-0.2, -0.15) is 0 Å². The van der Waals surface area contributed by atoms with E-state index in [1.807, 2.05) is 0 Å². The summed E-state index contributed by atoms with van der Waals surface area (Å²) in [5, 5.41) is 5.27. The van der Waals surface area contributed by atoms with Crippen molar-refractivity contribution in [2.75, 3.05) is 0 Å². The molecule has 48 heavy (non-hydrogen) atoms. The average molecular weight is 621 g/mol. The maximum Gasteiger partial charge on any atom is 0.0210 e. The molecular weight excluding hydrogens is 577 g/mol. The molecule has 6 aromatic carbocycles. The largest absolute Gasteiger partial charge is 0.0839 e. The van der Waals surface area contributed by atoms with Crippen LogP contribution in [0.25, 0.3) is 60.5 Å². The van der Waals surface area contributed by atoms with E-state index in [0.29, 0.717) is 5.92 Å². The average Bonchev–Trinajstić information content (AvgIpc) is 3.59. The van der Waals surface area contributed by atoms with Gasteiger partial charge in [0.1, 0.15) is 0 Å². The van der Waals surface area contributed by atoms with Gasteiger partial charge in [-0.3, -0.25) is 0 Å². The zero-order valence-corrected chi connectivity index (χ0v) is 28.7. The third-order valence-electron chi connectivity index (χ3n) is 12.9. The van der Waals surface area contributed by atoms with Crippen LogP contribution in [0, 0.1) is 5.92 Å². The first kappa shape index (κ1) is 29.5. The lowest BCUT2D eigenvalue weighted by Crippen LogP contribution is -2.31. The number of hydrogen-bond acceptors (Lipinski definition) is 0. The van der Waals surface area contributed by atoms with Gasteiger partial charge in [0.05, 0.1) is 0 Å². The summed E-state index contributed by atoms with van der Waals surface area (Å²) in [7, 11) is 0. The third-order valence-corrected chi connectivity index (χ3v) is 12.9. The summed E-state index contributed by atoms with van der Waals surface area (Å²) < 4.78 is 0. The lowest BCUT2D eigenvalue weighted by molar-refractivity contribution is 0.317. The fourth-order valence-electron chi connectivity index (χ4n) is 10.5. The van der Waals surface area contributed by atoms with Crippen LogP contribution in [0.5, 0.6) is 0 Å². The summed E-state index contributed by atoms with van der Waals surface area (Å²) >= 11 is 0. The minimum Gasteiger partial charge on any atom is -0.0839 e. The Morgan fingerprint density at radius 1 is 0.521 bits per heavy atom. The first-order valence-electron chi connectivity index (χ1n) is 18.3. The van der Waals surface area contributed by atoms with Crippen molar-refractivity contribution in [2.24, 2.45) is 5.92 Å². The Bertz CT molecular complexity index is 2250. The highest BCUT2D eigenvalue weighted by atomic mass is 14.5. The highest BCUT2D eigenvalue weighted by molar-refractivity contribution is 6.21. The second kappa shape index (κ2) is 10.9. The summed E-state index contributed by atoms with van der Waals surface area (Å²) in [6.07, 6.45) is 12.8. The fourth-order valence-corrected chi connectivity index (χ4v) is 10.5. The van der Waals surface area contributed by atoms with Gasteiger partial charge in [-0.05, 0) is 133 Å². The van der Waals surface area contributed by atoms with Crippen molar-refractivity contribution in [1.82, 2.24) is 0 Å². The molecule has 1 atom stereocenters. The first-order chi connectivity index (χ1) is 23.6. The van der Waals surface area contributed by atoms with Crippen molar-refractivity contribution in [1.29, 1.82) is 0 Å². The van der Waals surface area contributed by atoms with Crippen LogP contribution in [0.15, 0.2) is 127 Å². The van der Waals surface area contributed by atoms with E-state index in [4.69, 9.17) is 0 Å². The number of fused-ring (bicyclic) bond motifs is 8. The van der Waals surface area contributed by atoms with Crippen LogP contribution >= 0.6 is 0 Å². The minimum absolute atomic E-state index is 0.00108. The Morgan fingerprint density at radius 3 is 1.71 bits per heavy atom. The van der Waals surface area contributed by atoms with E-state index >= 15 is 0 Å². The second-order valence-corrected chi connectivity index (χ2v) is 14.4. The van der Waals surface area contributed by atoms with Crippen molar-refractivity contribution < 1.29 is 0 Å². The molecule has 3 aliphatic carbocycles. The van der Waals surface area contributed by atoms with Crippen LogP contribution in [0.4, 0.5) is 0 Å². The number of benzene rings is 6. The standard InChI is InChI=1S/C48H44/c1-5-47(6-2)41-25-17-16-20-33(41)39-29-40-34-27-26-32(28-42(34)48(7-3,8-4)44(40)30-43(39)47)46-37-23-14-12-21-35(37)45(31-18-10-9-11-19-31)36-22-13-15-24-38(36)46/h9-24,26-30,41H,5-8,25H2,1-4H3. The Kier molecular flexibility index (Phi) is 6.71. The molecule has 1 unspecified atom stereocenters. The molecule has 0 bridgehead atoms. The van der Waals surface area contributed by atoms with Gasteiger partial charge in [0.25, 0.3) is 0 Å². The smallest absolute Gasteiger partial charge is 0.0210 e. The van der Waals surface area contributed by atoms with Gasteiger partial charge in [0, 0.05) is 10.8 Å². The van der Waals surface area contributed by atoms with Crippen LogP contribution < -0.4 is 0 Å². The molecule has 0 saturated heterocycles. The lowest BCUT2D eigenvalue weighted by atomic mass is 9.67. The molecule has 3 aliphatic rings. The Balaban J connectivity index is 1.31. The van der Waals surface area contributed by atoms with E-state index in [1.54, 1.807) is 16.7 Å². The van der Waals surface area contributed by atoms with E-state index in [9.17, 15) is 0 Å². The van der Waals surface area contributed by atoms with Crippen LogP contribution in [0.3, 0.4) is 0 Å². The predicted molar refractivity (Wildman–Crippen MR) is 207 cm³/mol. The first-order valence-corrected chi connectivity index (χ1v) is 18.3. The van der Waals surface area contributed by atoms with Crippen LogP contribution in [0.1, 0.15) is 82.1 Å². The number of rotatable bonds is 6. The summed E-state index contributed by atoms with van der Waals surface area (Å²) in [6, 6.07) is 41.8. The molecule has 0 spiro atoms. The SMILES string of the molecule is CCC1(CC)c2cc(-c3c4ccccc4c(-c4ccccc4)c4ccccc34)ccc2-c2cc3c(cc21)C(CC)(CC)C1CC=CC=C31. The predicted octanol–water partition coefficient (Wildman–Crippen LogP) is 13.4. The summed E-state index contributed by atoms with van der Waals surface area (Å²) in [4.78, 5) is 0. The van der Waals surface area contributed by atoms with Gasteiger partial charge in [-0.1, -0.05) is 143 Å². The van der Waals surface area contributed by atoms with E-state index in [2.05, 4.69) is 155 Å². The maximum atomic E-state index is 2.70. The van der Waals surface area contributed by atoms with Crippen molar-refractivity contribution in [3.8, 4) is 33.4 Å². The molecule has 0 fully saturated rings. The molecule has 0 aliphatic heterocycles. The van der Waals surface area contributed by atoms with Gasteiger partial charge in [0.15, 0.2) is 0 Å². The molecule has 0 radical (unpaired) electrons. The van der Waals surface area contributed by atoms with Gasteiger partial charge in [0.2, 0.25) is 0 Å². The summed E-state index contributed by atoms with van der Waals surface area (Å²) in [5.74, 6) is 0.593. The molecule has 0 nitrogen and oxygen atoms in total. The fraction of sp³-hybridized carbons (Fsp3) is 0.250. The van der Waals surface area contributed by atoms with Crippen LogP contribution in [-0.2, 0) is 10.8 Å². The number of allylic oxidation sites excluding steroid dienone is 4. The Morgan fingerprint density at radius 2 is 1.10 bits per heavy atom. The van der Waals surface area contributed by atoms with Crippen molar-refractivity contribution >= 4 is 27.1 Å². The molecule has 0 heteroatoms. The van der Waals surface area contributed by atoms with Gasteiger partial charge in [-0.15, -0.1) is 0 Å². The minimum atomic E-state index is -0.00108. The quantitative estimate of drug-likeness (QED) is 0.163. The zero-order chi connectivity index (χ0) is 32.6. The highest BCUT2D eigenvalue weighted by Crippen LogP contribution is 2.61. The molecule has 236 valence electrons. The Hall–Kier alpha value is -4.68. The molecule has 0 amide bonds. The van der Waals surface area contributed by atoms with Gasteiger partial charge in [-0.25, -0.2) is 0 Å². The molecule has 0 saturated carbocycles. The van der Waals surface area contributed by atoms with Crippen LogP contribution in [0.2, 0.25) is 0 Å². The van der Waals surface area contributed by atoms with E-state index in [1.165, 1.54) is 78.9 Å². The monoisotopic (exact) mass is 620 g/mol. The molecule has 9 rings (SSSR count). The maximum absolute atomic E-state index is 2.70. The molecular formula is C48H44. The normalized spacial score (nSPS) is 18.0. The highest BCUT2D eigenvalue weighted by Gasteiger charge is 2.50. The molecule has 0 heterocycles. The summed E-state index contributed by atoms with van der Waals surface area (Å²) in [5.41, 5.74) is 16.1. The topological polar surface area (TPSA) is 0 Å². The van der Waals surface area contributed by atoms with Gasteiger partial charge >= 0.3 is 0 Å². The lowest BCUT2D eigenvalue weighted by Gasteiger charge is -2.36. The summed E-state index contributed by atoms with van der Waals surface area (Å²) in [6.45, 7) is 9.68. The van der Waals surface area contributed by atoms with Crippen molar-refractivity contribution in [3.05, 3.63) is 150 Å². The second-order valence-electron chi connectivity index (χ2n) is 14.4. The van der Waals surface area contributed by atoms with E-state index < -0.39 is 0 Å². The Labute approximate surface area is 285 Å². The number of hydrogen-bond donors (Lipinski definition) is 0. The zero-order valence-electron chi connectivity index (χ0n) is 28.7. The van der Waals surface area contributed by atoms with Crippen molar-refractivity contribution in [3.63, 3.8) is 0 Å². The molecule has 0 N–H and O–H groups in total. The van der Waals surface area contributed by atoms with Gasteiger partial charge < -0.3 is 0 Å².